The van der Waals surface area contributed by atoms with Crippen LogP contribution in [0.2, 0.25) is 0 Å². The van der Waals surface area contributed by atoms with E-state index >= 15 is 0 Å². The van der Waals surface area contributed by atoms with Crippen molar-refractivity contribution in [3.63, 3.8) is 0 Å². The summed E-state index contributed by atoms with van der Waals surface area (Å²) in [5.74, 6) is -0.512. The summed E-state index contributed by atoms with van der Waals surface area (Å²) in [5, 5.41) is 3.10. The monoisotopic (exact) mass is 381 g/mol. The summed E-state index contributed by atoms with van der Waals surface area (Å²) in [6, 6.07) is 11.0. The van der Waals surface area contributed by atoms with Gasteiger partial charge in [0.15, 0.2) is 0 Å². The summed E-state index contributed by atoms with van der Waals surface area (Å²) in [6.07, 6.45) is 3.49. The second-order valence-electron chi connectivity index (χ2n) is 7.22. The van der Waals surface area contributed by atoms with Crippen LogP contribution in [-0.4, -0.2) is 53.6 Å². The van der Waals surface area contributed by atoms with Gasteiger partial charge in [0.05, 0.1) is 18.1 Å². The lowest BCUT2D eigenvalue weighted by Gasteiger charge is -2.32. The fraction of sp³-hybridized carbons (Fsp3) is 0.381. The van der Waals surface area contributed by atoms with E-state index in [-0.39, 0.29) is 18.5 Å². The van der Waals surface area contributed by atoms with Gasteiger partial charge in [-0.15, -0.1) is 0 Å². The van der Waals surface area contributed by atoms with Crippen LogP contribution in [0, 0.1) is 5.92 Å². The molecule has 4 rings (SSSR count). The molecular formula is C21H23N3O4. The smallest absolute Gasteiger partial charge is 0.312 e. The van der Waals surface area contributed by atoms with Crippen molar-refractivity contribution in [3.05, 3.63) is 59.9 Å². The van der Waals surface area contributed by atoms with E-state index in [2.05, 4.69) is 15.2 Å². The SMILES string of the molecule is CCOC(=O)[C@@H]1CN(Cc2ccncc2)C[C@]12COc1ccccc1C(=O)N2. The van der Waals surface area contributed by atoms with Crippen LogP contribution < -0.4 is 10.1 Å². The molecule has 0 unspecified atom stereocenters. The Kier molecular flexibility index (Phi) is 5.00. The van der Waals surface area contributed by atoms with Crippen LogP contribution in [0.15, 0.2) is 48.8 Å². The van der Waals surface area contributed by atoms with E-state index in [9.17, 15) is 9.59 Å². The van der Waals surface area contributed by atoms with Crippen LogP contribution in [-0.2, 0) is 16.1 Å². The average Bonchev–Trinajstić information content (AvgIpc) is 2.98. The van der Waals surface area contributed by atoms with Gasteiger partial charge in [0, 0.05) is 32.0 Å². The number of ether oxygens (including phenoxy) is 2. The molecule has 146 valence electrons. The Balaban J connectivity index is 1.62. The fourth-order valence-electron chi connectivity index (χ4n) is 4.01. The molecule has 2 aliphatic rings. The molecule has 3 heterocycles. The standard InChI is InChI=1S/C21H23N3O4/c1-2-27-20(26)17-12-24(11-15-7-9-22-10-8-15)13-21(17)14-28-18-6-4-3-5-16(18)19(25)23-21/h3-10,17H,2,11-14H2,1H3,(H,23,25)/t17-,21-/m0/s1. The largest absolute Gasteiger partial charge is 0.490 e. The summed E-state index contributed by atoms with van der Waals surface area (Å²) in [7, 11) is 0. The van der Waals surface area contributed by atoms with Gasteiger partial charge in [-0.25, -0.2) is 0 Å². The Morgan fingerprint density at radius 3 is 2.89 bits per heavy atom. The lowest BCUT2D eigenvalue weighted by atomic mass is 9.87. The summed E-state index contributed by atoms with van der Waals surface area (Å²) in [5.41, 5.74) is 0.739. The number of rotatable bonds is 4. The zero-order valence-corrected chi connectivity index (χ0v) is 15.8. The number of pyridine rings is 1. The highest BCUT2D eigenvalue weighted by Gasteiger charge is 2.53. The summed E-state index contributed by atoms with van der Waals surface area (Å²) < 4.78 is 11.3. The molecule has 1 saturated heterocycles. The number of benzene rings is 1. The lowest BCUT2D eigenvalue weighted by Crippen LogP contribution is -2.59. The first-order valence-electron chi connectivity index (χ1n) is 9.43. The molecule has 2 atom stereocenters. The third-order valence-electron chi connectivity index (χ3n) is 5.32. The molecule has 1 fully saturated rings. The van der Waals surface area contributed by atoms with Crippen molar-refractivity contribution >= 4 is 11.9 Å². The quantitative estimate of drug-likeness (QED) is 0.811. The molecule has 1 spiro atoms. The number of carbonyl (C=O) groups excluding carboxylic acids is 2. The molecule has 0 aliphatic carbocycles. The number of likely N-dealkylation sites (tertiary alicyclic amines) is 1. The minimum atomic E-state index is -0.838. The second-order valence-corrected chi connectivity index (χ2v) is 7.22. The van der Waals surface area contributed by atoms with Crippen LogP contribution >= 0.6 is 0 Å². The van der Waals surface area contributed by atoms with E-state index < -0.39 is 11.5 Å². The maximum absolute atomic E-state index is 12.9. The third kappa shape index (κ3) is 3.45. The molecule has 28 heavy (non-hydrogen) atoms. The molecular weight excluding hydrogens is 358 g/mol. The Hall–Kier alpha value is -2.93. The second kappa shape index (κ2) is 7.59. The average molecular weight is 381 g/mol. The van der Waals surface area contributed by atoms with Crippen molar-refractivity contribution in [2.75, 3.05) is 26.3 Å². The van der Waals surface area contributed by atoms with Crippen LogP contribution in [0.1, 0.15) is 22.8 Å². The number of hydrogen-bond acceptors (Lipinski definition) is 6. The minimum Gasteiger partial charge on any atom is -0.490 e. The van der Waals surface area contributed by atoms with Crippen LogP contribution in [0.25, 0.3) is 0 Å². The molecule has 0 bridgehead atoms. The first-order chi connectivity index (χ1) is 13.6. The van der Waals surface area contributed by atoms with E-state index in [4.69, 9.17) is 9.47 Å². The highest BCUT2D eigenvalue weighted by Crippen LogP contribution is 2.34. The van der Waals surface area contributed by atoms with Crippen molar-refractivity contribution in [1.82, 2.24) is 15.2 Å². The van der Waals surface area contributed by atoms with Crippen LogP contribution in [0.4, 0.5) is 0 Å². The molecule has 0 radical (unpaired) electrons. The minimum absolute atomic E-state index is 0.214. The van der Waals surface area contributed by atoms with Gasteiger partial charge >= 0.3 is 5.97 Å². The molecule has 1 N–H and O–H groups in total. The number of amides is 1. The van der Waals surface area contributed by atoms with Crippen molar-refractivity contribution < 1.29 is 19.1 Å². The summed E-state index contributed by atoms with van der Waals surface area (Å²) in [4.78, 5) is 31.8. The van der Waals surface area contributed by atoms with Gasteiger partial charge in [0.25, 0.3) is 5.91 Å². The number of esters is 1. The van der Waals surface area contributed by atoms with Gasteiger partial charge in [-0.1, -0.05) is 12.1 Å². The maximum Gasteiger partial charge on any atom is 0.312 e. The molecule has 0 saturated carbocycles. The van der Waals surface area contributed by atoms with Gasteiger partial charge in [0.1, 0.15) is 17.9 Å². The fourth-order valence-corrected chi connectivity index (χ4v) is 4.01. The number of nitrogens with one attached hydrogen (secondary N) is 1. The number of nitrogens with zero attached hydrogens (tertiary/aromatic N) is 2. The Labute approximate surface area is 163 Å². The van der Waals surface area contributed by atoms with Gasteiger partial charge in [-0.3, -0.25) is 19.5 Å². The van der Waals surface area contributed by atoms with E-state index in [1.54, 1.807) is 37.5 Å². The number of fused-ring (bicyclic) bond motifs is 1. The number of hydrogen-bond donors (Lipinski definition) is 1. The zero-order chi connectivity index (χ0) is 19.6. The van der Waals surface area contributed by atoms with E-state index in [1.807, 2.05) is 18.2 Å². The predicted octanol–water partition coefficient (Wildman–Crippen LogP) is 1.64. The first-order valence-corrected chi connectivity index (χ1v) is 9.43. The summed E-state index contributed by atoms with van der Waals surface area (Å²) in [6.45, 7) is 3.94. The highest BCUT2D eigenvalue weighted by molar-refractivity contribution is 5.98. The normalized spacial score (nSPS) is 24.2. The number of aromatic nitrogens is 1. The zero-order valence-electron chi connectivity index (χ0n) is 15.8. The van der Waals surface area contributed by atoms with Crippen LogP contribution in [0.3, 0.4) is 0 Å². The molecule has 1 amide bonds. The van der Waals surface area contributed by atoms with Gasteiger partial charge < -0.3 is 14.8 Å². The van der Waals surface area contributed by atoms with E-state index in [0.29, 0.717) is 37.6 Å². The topological polar surface area (TPSA) is 80.8 Å². The Morgan fingerprint density at radius 2 is 2.11 bits per heavy atom. The Bertz CT molecular complexity index is 873. The Morgan fingerprint density at radius 1 is 1.32 bits per heavy atom. The number of carbonyl (C=O) groups is 2. The molecule has 1 aromatic heterocycles. The highest BCUT2D eigenvalue weighted by atomic mass is 16.5. The van der Waals surface area contributed by atoms with E-state index in [0.717, 1.165) is 5.56 Å². The number of para-hydroxylation sites is 1. The maximum atomic E-state index is 12.9. The molecule has 2 aromatic rings. The van der Waals surface area contributed by atoms with E-state index in [1.165, 1.54) is 0 Å². The van der Waals surface area contributed by atoms with Gasteiger partial charge in [-0.05, 0) is 36.8 Å². The predicted molar refractivity (Wildman–Crippen MR) is 102 cm³/mol. The van der Waals surface area contributed by atoms with Crippen molar-refractivity contribution in [2.24, 2.45) is 5.92 Å². The molecule has 7 nitrogen and oxygen atoms in total. The van der Waals surface area contributed by atoms with Gasteiger partial charge in [0.2, 0.25) is 0 Å². The molecule has 1 aromatic carbocycles. The molecule has 2 aliphatic heterocycles. The van der Waals surface area contributed by atoms with Crippen molar-refractivity contribution in [1.29, 1.82) is 0 Å². The first kappa shape index (κ1) is 18.4. The van der Waals surface area contributed by atoms with Crippen molar-refractivity contribution in [2.45, 2.75) is 19.0 Å². The van der Waals surface area contributed by atoms with Crippen LogP contribution in [0.5, 0.6) is 5.75 Å². The molecule has 7 heteroatoms. The van der Waals surface area contributed by atoms with Gasteiger partial charge in [-0.2, -0.15) is 0 Å². The summed E-state index contributed by atoms with van der Waals surface area (Å²) >= 11 is 0. The third-order valence-corrected chi connectivity index (χ3v) is 5.32. The van der Waals surface area contributed by atoms with Crippen molar-refractivity contribution in [3.8, 4) is 5.75 Å². The lowest BCUT2D eigenvalue weighted by molar-refractivity contribution is -0.150.